The molecule has 1 heterocycles. The van der Waals surface area contributed by atoms with Crippen LogP contribution in [-0.2, 0) is 0 Å². The van der Waals surface area contributed by atoms with Crippen molar-refractivity contribution in [2.24, 2.45) is 0 Å². The van der Waals surface area contributed by atoms with Gasteiger partial charge in [0.15, 0.2) is 0 Å². The van der Waals surface area contributed by atoms with Crippen molar-refractivity contribution < 1.29 is 4.79 Å². The van der Waals surface area contributed by atoms with Crippen LogP contribution in [0.4, 0.5) is 5.69 Å². The van der Waals surface area contributed by atoms with E-state index in [2.05, 4.69) is 41.3 Å². The summed E-state index contributed by atoms with van der Waals surface area (Å²) in [5.74, 6) is 0.103. The smallest absolute Gasteiger partial charge is 0.254 e. The van der Waals surface area contributed by atoms with Crippen molar-refractivity contribution in [1.29, 1.82) is 0 Å². The lowest BCUT2D eigenvalue weighted by molar-refractivity contribution is 0.0597. The molecule has 0 aliphatic carbocycles. The first-order chi connectivity index (χ1) is 15.0. The maximum Gasteiger partial charge on any atom is 0.254 e. The second kappa shape index (κ2) is 9.54. The minimum absolute atomic E-state index is 0.103. The van der Waals surface area contributed by atoms with Gasteiger partial charge in [0, 0.05) is 56.5 Å². The number of nitrogens with zero attached hydrogens (tertiary/aromatic N) is 3. The molecule has 160 valence electrons. The SMILES string of the molecule is CN(C)c1cccc(C(=O)N2CCN([C@H](c3ccccc3)c3ccc(Cl)cc3)CC2)c1. The average Bonchev–Trinajstić information content (AvgIpc) is 2.81. The summed E-state index contributed by atoms with van der Waals surface area (Å²) in [6, 6.07) is 26.6. The topological polar surface area (TPSA) is 26.8 Å². The molecular weight excluding hydrogens is 406 g/mol. The molecule has 31 heavy (non-hydrogen) atoms. The molecule has 0 unspecified atom stereocenters. The first-order valence-corrected chi connectivity index (χ1v) is 11.0. The molecule has 1 aliphatic heterocycles. The van der Waals surface area contributed by atoms with E-state index in [-0.39, 0.29) is 11.9 Å². The van der Waals surface area contributed by atoms with Crippen molar-refractivity contribution in [2.45, 2.75) is 6.04 Å². The molecular formula is C26H28ClN3O. The predicted molar refractivity (Wildman–Crippen MR) is 128 cm³/mol. The highest BCUT2D eigenvalue weighted by Gasteiger charge is 2.28. The molecule has 1 amide bonds. The number of rotatable bonds is 5. The Morgan fingerprint density at radius 3 is 2.13 bits per heavy atom. The van der Waals surface area contributed by atoms with E-state index in [1.165, 1.54) is 11.1 Å². The zero-order chi connectivity index (χ0) is 21.8. The molecule has 0 bridgehead atoms. The second-order valence-corrected chi connectivity index (χ2v) is 8.57. The average molecular weight is 434 g/mol. The lowest BCUT2D eigenvalue weighted by Gasteiger charge is -2.40. The fourth-order valence-corrected chi connectivity index (χ4v) is 4.30. The van der Waals surface area contributed by atoms with E-state index in [1.807, 2.05) is 66.4 Å². The number of carbonyl (C=O) groups is 1. The minimum atomic E-state index is 0.103. The van der Waals surface area contributed by atoms with E-state index in [0.29, 0.717) is 13.1 Å². The van der Waals surface area contributed by atoms with E-state index in [0.717, 1.165) is 29.4 Å². The summed E-state index contributed by atoms with van der Waals surface area (Å²) in [5.41, 5.74) is 4.26. The Labute approximate surface area is 189 Å². The summed E-state index contributed by atoms with van der Waals surface area (Å²) in [4.78, 5) is 19.5. The van der Waals surface area contributed by atoms with Crippen molar-refractivity contribution in [3.8, 4) is 0 Å². The van der Waals surface area contributed by atoms with Gasteiger partial charge in [-0.25, -0.2) is 0 Å². The Balaban J connectivity index is 1.51. The summed E-state index contributed by atoms with van der Waals surface area (Å²) in [6.07, 6.45) is 0. The fourth-order valence-electron chi connectivity index (χ4n) is 4.18. The number of hydrogen-bond donors (Lipinski definition) is 0. The summed E-state index contributed by atoms with van der Waals surface area (Å²) in [7, 11) is 3.98. The molecule has 0 aromatic heterocycles. The van der Waals surface area contributed by atoms with Crippen LogP contribution in [0.1, 0.15) is 27.5 Å². The Kier molecular flexibility index (Phi) is 6.59. The molecule has 0 spiro atoms. The first-order valence-electron chi connectivity index (χ1n) is 10.6. The van der Waals surface area contributed by atoms with Gasteiger partial charge < -0.3 is 9.80 Å². The number of amides is 1. The van der Waals surface area contributed by atoms with Gasteiger partial charge in [-0.2, -0.15) is 0 Å². The van der Waals surface area contributed by atoms with Crippen molar-refractivity contribution in [2.75, 3.05) is 45.2 Å². The van der Waals surface area contributed by atoms with Crippen molar-refractivity contribution in [3.63, 3.8) is 0 Å². The van der Waals surface area contributed by atoms with Gasteiger partial charge in [0.2, 0.25) is 0 Å². The minimum Gasteiger partial charge on any atom is -0.378 e. The highest BCUT2D eigenvalue weighted by molar-refractivity contribution is 6.30. The molecule has 0 radical (unpaired) electrons. The lowest BCUT2D eigenvalue weighted by Crippen LogP contribution is -2.49. The molecule has 4 rings (SSSR count). The van der Waals surface area contributed by atoms with E-state index in [4.69, 9.17) is 11.6 Å². The monoisotopic (exact) mass is 433 g/mol. The number of piperazine rings is 1. The maximum absolute atomic E-state index is 13.1. The third-order valence-corrected chi connectivity index (χ3v) is 6.13. The largest absolute Gasteiger partial charge is 0.378 e. The van der Waals surface area contributed by atoms with Gasteiger partial charge in [0.25, 0.3) is 5.91 Å². The van der Waals surface area contributed by atoms with Gasteiger partial charge in [0.05, 0.1) is 6.04 Å². The number of hydrogen-bond acceptors (Lipinski definition) is 3. The van der Waals surface area contributed by atoms with E-state index in [9.17, 15) is 4.79 Å². The van der Waals surface area contributed by atoms with Crippen LogP contribution >= 0.6 is 11.6 Å². The Morgan fingerprint density at radius 1 is 0.839 bits per heavy atom. The molecule has 1 aliphatic rings. The molecule has 0 saturated carbocycles. The summed E-state index contributed by atoms with van der Waals surface area (Å²) >= 11 is 6.13. The van der Waals surface area contributed by atoms with E-state index >= 15 is 0 Å². The summed E-state index contributed by atoms with van der Waals surface area (Å²) < 4.78 is 0. The van der Waals surface area contributed by atoms with Crippen LogP contribution in [0.3, 0.4) is 0 Å². The highest BCUT2D eigenvalue weighted by Crippen LogP contribution is 2.30. The number of carbonyl (C=O) groups excluding carboxylic acids is 1. The van der Waals surface area contributed by atoms with Crippen LogP contribution in [0, 0.1) is 0 Å². The number of anilines is 1. The summed E-state index contributed by atoms with van der Waals surface area (Å²) in [5, 5.41) is 0.742. The second-order valence-electron chi connectivity index (χ2n) is 8.14. The van der Waals surface area contributed by atoms with E-state index < -0.39 is 0 Å². The molecule has 3 aromatic carbocycles. The first kappa shape index (κ1) is 21.4. The van der Waals surface area contributed by atoms with Crippen LogP contribution in [0.2, 0.25) is 5.02 Å². The van der Waals surface area contributed by atoms with Crippen molar-refractivity contribution in [1.82, 2.24) is 9.80 Å². The Bertz CT molecular complexity index is 1010. The third-order valence-electron chi connectivity index (χ3n) is 5.88. The van der Waals surface area contributed by atoms with Crippen LogP contribution in [-0.4, -0.2) is 56.0 Å². The quantitative estimate of drug-likeness (QED) is 0.569. The molecule has 1 fully saturated rings. The Morgan fingerprint density at radius 2 is 1.48 bits per heavy atom. The highest BCUT2D eigenvalue weighted by atomic mass is 35.5. The van der Waals surface area contributed by atoms with Gasteiger partial charge in [-0.1, -0.05) is 60.1 Å². The van der Waals surface area contributed by atoms with Crippen LogP contribution in [0.5, 0.6) is 0 Å². The molecule has 1 saturated heterocycles. The summed E-state index contributed by atoms with van der Waals surface area (Å²) in [6.45, 7) is 3.06. The number of benzene rings is 3. The molecule has 1 atom stereocenters. The number of halogens is 1. The maximum atomic E-state index is 13.1. The van der Waals surface area contributed by atoms with Crippen LogP contribution in [0.25, 0.3) is 0 Å². The lowest BCUT2D eigenvalue weighted by atomic mass is 9.96. The third kappa shape index (κ3) is 4.92. The van der Waals surface area contributed by atoms with Gasteiger partial charge in [0.1, 0.15) is 0 Å². The molecule has 0 N–H and O–H groups in total. The molecule has 3 aromatic rings. The Hall–Kier alpha value is -2.82. The van der Waals surface area contributed by atoms with Crippen LogP contribution < -0.4 is 4.90 Å². The molecule has 5 heteroatoms. The van der Waals surface area contributed by atoms with Gasteiger partial charge in [-0.05, 0) is 41.5 Å². The predicted octanol–water partition coefficient (Wildman–Crippen LogP) is 4.95. The molecule has 4 nitrogen and oxygen atoms in total. The van der Waals surface area contributed by atoms with Gasteiger partial charge in [-0.3, -0.25) is 9.69 Å². The van der Waals surface area contributed by atoms with E-state index in [1.54, 1.807) is 0 Å². The zero-order valence-corrected chi connectivity index (χ0v) is 18.8. The van der Waals surface area contributed by atoms with Crippen molar-refractivity contribution >= 4 is 23.2 Å². The zero-order valence-electron chi connectivity index (χ0n) is 18.0. The normalized spacial score (nSPS) is 15.5. The van der Waals surface area contributed by atoms with Crippen molar-refractivity contribution in [3.05, 3.63) is 101 Å². The van der Waals surface area contributed by atoms with Gasteiger partial charge in [-0.15, -0.1) is 0 Å². The standard InChI is InChI=1S/C26H28ClN3O/c1-28(2)24-10-6-9-22(19-24)26(31)30-17-15-29(16-18-30)25(20-7-4-3-5-8-20)21-11-13-23(27)14-12-21/h3-14,19,25H,15-18H2,1-2H3/t25-/m1/s1. The van der Waals surface area contributed by atoms with Crippen LogP contribution in [0.15, 0.2) is 78.9 Å². The van der Waals surface area contributed by atoms with Gasteiger partial charge >= 0.3 is 0 Å². The fraction of sp³-hybridized carbons (Fsp3) is 0.269.